The normalized spacial score (nSPS) is 11.8. The van der Waals surface area contributed by atoms with Crippen LogP contribution >= 0.6 is 7.60 Å². The number of hydrogen-bond acceptors (Lipinski definition) is 7. The Balaban J connectivity index is 1.81. The highest BCUT2D eigenvalue weighted by atomic mass is 31.2. The van der Waals surface area contributed by atoms with Crippen molar-refractivity contribution in [1.29, 1.82) is 0 Å². The Hall–Kier alpha value is -2.86. The van der Waals surface area contributed by atoms with Crippen LogP contribution in [0.3, 0.4) is 0 Å². The first kappa shape index (κ1) is 18.5. The molecule has 2 heterocycles. The lowest BCUT2D eigenvalue weighted by molar-refractivity contribution is 0.286. The summed E-state index contributed by atoms with van der Waals surface area (Å²) in [5.74, 6) is 1.23. The van der Waals surface area contributed by atoms with Gasteiger partial charge in [-0.2, -0.15) is 4.98 Å². The minimum atomic E-state index is -3.64. The molecule has 7 nitrogen and oxygen atoms in total. The van der Waals surface area contributed by atoms with Crippen LogP contribution in [0.1, 0.15) is 5.76 Å². The molecule has 0 radical (unpaired) electrons. The van der Waals surface area contributed by atoms with E-state index in [4.69, 9.17) is 17.9 Å². The van der Waals surface area contributed by atoms with Crippen molar-refractivity contribution in [3.63, 3.8) is 0 Å². The lowest BCUT2D eigenvalue weighted by Gasteiger charge is -2.11. The molecule has 2 aromatic heterocycles. The fourth-order valence-corrected chi connectivity index (χ4v) is 4.05. The standard InChI is InChI=1S/C20H19N2O5P/c1-24-28(23,25-2)20-19(21-13-15-9-6-12-26-15)27-18(22-20)17-11-5-8-14-7-3-4-10-16(14)17/h3-12,21H,13H2,1-2H3. The van der Waals surface area contributed by atoms with Crippen LogP contribution in [-0.2, 0) is 20.2 Å². The van der Waals surface area contributed by atoms with Crippen LogP contribution in [0, 0.1) is 0 Å². The predicted octanol–water partition coefficient (Wildman–Crippen LogP) is 4.81. The second-order valence-electron chi connectivity index (χ2n) is 5.99. The maximum Gasteiger partial charge on any atom is 0.384 e. The molecule has 1 N–H and O–H groups in total. The van der Waals surface area contributed by atoms with Crippen molar-refractivity contribution >= 4 is 29.7 Å². The molecule has 4 rings (SSSR count). The third-order valence-corrected chi connectivity index (χ3v) is 6.16. The topological polar surface area (TPSA) is 86.7 Å². The van der Waals surface area contributed by atoms with Crippen molar-refractivity contribution in [2.45, 2.75) is 6.54 Å². The van der Waals surface area contributed by atoms with E-state index in [1.54, 1.807) is 12.3 Å². The number of aromatic nitrogens is 1. The van der Waals surface area contributed by atoms with Gasteiger partial charge in [0.1, 0.15) is 5.76 Å². The monoisotopic (exact) mass is 398 g/mol. The van der Waals surface area contributed by atoms with Crippen molar-refractivity contribution in [3.05, 3.63) is 66.6 Å². The molecule has 0 unspecified atom stereocenters. The van der Waals surface area contributed by atoms with Crippen LogP contribution in [0.25, 0.3) is 22.2 Å². The van der Waals surface area contributed by atoms with E-state index in [0.717, 1.165) is 16.3 Å². The fraction of sp³-hybridized carbons (Fsp3) is 0.150. The fourth-order valence-electron chi connectivity index (χ4n) is 2.97. The van der Waals surface area contributed by atoms with Crippen LogP contribution < -0.4 is 10.8 Å². The zero-order chi connectivity index (χ0) is 19.6. The minimum Gasteiger partial charge on any atom is -0.467 e. The minimum absolute atomic E-state index is 0.0898. The molecule has 0 saturated heterocycles. The SMILES string of the molecule is COP(=O)(OC)c1nc(-c2cccc3ccccc23)oc1NCc1ccco1. The van der Waals surface area contributed by atoms with Gasteiger partial charge in [0.05, 0.1) is 12.8 Å². The molecule has 28 heavy (non-hydrogen) atoms. The maximum atomic E-state index is 13.0. The Morgan fingerprint density at radius 1 is 1.04 bits per heavy atom. The molecule has 0 aliphatic rings. The largest absolute Gasteiger partial charge is 0.467 e. The average molecular weight is 398 g/mol. The van der Waals surface area contributed by atoms with Crippen LogP contribution in [0.2, 0.25) is 0 Å². The van der Waals surface area contributed by atoms with Crippen LogP contribution in [0.4, 0.5) is 5.88 Å². The van der Waals surface area contributed by atoms with Gasteiger partial charge in [-0.1, -0.05) is 36.4 Å². The first-order valence-electron chi connectivity index (χ1n) is 8.62. The van der Waals surface area contributed by atoms with Gasteiger partial charge in [0, 0.05) is 19.8 Å². The number of oxazole rings is 1. The van der Waals surface area contributed by atoms with Crippen molar-refractivity contribution in [1.82, 2.24) is 4.98 Å². The summed E-state index contributed by atoms with van der Waals surface area (Å²) in [5, 5.41) is 5.09. The molecule has 2 aromatic carbocycles. The molecule has 0 saturated carbocycles. The molecule has 0 spiro atoms. The molecule has 0 amide bonds. The van der Waals surface area contributed by atoms with Gasteiger partial charge in [-0.25, -0.2) is 0 Å². The summed E-state index contributed by atoms with van der Waals surface area (Å²) in [6, 6.07) is 17.3. The van der Waals surface area contributed by atoms with Gasteiger partial charge in [-0.3, -0.25) is 4.57 Å². The first-order valence-corrected chi connectivity index (χ1v) is 10.2. The van der Waals surface area contributed by atoms with E-state index >= 15 is 0 Å². The molecule has 0 aliphatic carbocycles. The first-order chi connectivity index (χ1) is 13.6. The molecular formula is C20H19N2O5P. The Morgan fingerprint density at radius 2 is 1.82 bits per heavy atom. The maximum absolute atomic E-state index is 13.0. The lowest BCUT2D eigenvalue weighted by Crippen LogP contribution is -2.14. The highest BCUT2D eigenvalue weighted by molar-refractivity contribution is 7.62. The molecule has 4 aromatic rings. The van der Waals surface area contributed by atoms with Crippen molar-refractivity contribution in [2.75, 3.05) is 19.5 Å². The Labute approximate surface area is 161 Å². The third kappa shape index (κ3) is 3.36. The molecule has 8 heteroatoms. The highest BCUT2D eigenvalue weighted by Gasteiger charge is 2.34. The number of furan rings is 1. The van der Waals surface area contributed by atoms with Crippen molar-refractivity contribution < 1.29 is 22.4 Å². The van der Waals surface area contributed by atoms with Gasteiger partial charge < -0.3 is 23.2 Å². The Bertz CT molecular complexity index is 1120. The van der Waals surface area contributed by atoms with Crippen LogP contribution in [-0.4, -0.2) is 19.2 Å². The van der Waals surface area contributed by atoms with Crippen LogP contribution in [0.15, 0.2) is 69.7 Å². The summed E-state index contributed by atoms with van der Waals surface area (Å²) in [6.45, 7) is 0.331. The zero-order valence-electron chi connectivity index (χ0n) is 15.4. The summed E-state index contributed by atoms with van der Waals surface area (Å²) in [4.78, 5) is 4.47. The van der Waals surface area contributed by atoms with E-state index in [1.807, 2.05) is 48.5 Å². The van der Waals surface area contributed by atoms with Gasteiger partial charge in [0.2, 0.25) is 17.2 Å². The number of anilines is 1. The number of nitrogens with zero attached hydrogens (tertiary/aromatic N) is 1. The summed E-state index contributed by atoms with van der Waals surface area (Å²) in [7, 11) is -1.01. The Kier molecular flexibility index (Phi) is 5.05. The van der Waals surface area contributed by atoms with E-state index < -0.39 is 7.60 Å². The van der Waals surface area contributed by atoms with Crippen molar-refractivity contribution in [2.24, 2.45) is 0 Å². The summed E-state index contributed by atoms with van der Waals surface area (Å²) < 4.78 is 34.6. The van der Waals surface area contributed by atoms with Gasteiger partial charge in [0.25, 0.3) is 0 Å². The second kappa shape index (κ2) is 7.64. The van der Waals surface area contributed by atoms with Gasteiger partial charge >= 0.3 is 7.60 Å². The number of nitrogens with one attached hydrogen (secondary N) is 1. The molecule has 0 aliphatic heterocycles. The number of rotatable bonds is 7. The molecular weight excluding hydrogens is 379 g/mol. The van der Waals surface area contributed by atoms with Gasteiger partial charge in [-0.15, -0.1) is 0 Å². The quantitative estimate of drug-likeness (QED) is 0.447. The van der Waals surface area contributed by atoms with Crippen molar-refractivity contribution in [3.8, 4) is 11.5 Å². The molecule has 0 fully saturated rings. The van der Waals surface area contributed by atoms with E-state index in [9.17, 15) is 4.57 Å². The van der Waals surface area contributed by atoms with Crippen LogP contribution in [0.5, 0.6) is 0 Å². The second-order valence-corrected chi connectivity index (χ2v) is 8.14. The van der Waals surface area contributed by atoms with E-state index in [-0.39, 0.29) is 11.3 Å². The lowest BCUT2D eigenvalue weighted by atomic mass is 10.0. The number of fused-ring (bicyclic) bond motifs is 1. The number of benzene rings is 2. The average Bonchev–Trinajstić information content (AvgIpc) is 3.41. The third-order valence-electron chi connectivity index (χ3n) is 4.37. The predicted molar refractivity (Wildman–Crippen MR) is 107 cm³/mol. The summed E-state index contributed by atoms with van der Waals surface area (Å²) in [6.07, 6.45) is 1.58. The molecule has 144 valence electrons. The van der Waals surface area contributed by atoms with E-state index in [0.29, 0.717) is 18.2 Å². The highest BCUT2D eigenvalue weighted by Crippen LogP contribution is 2.48. The Morgan fingerprint density at radius 3 is 2.57 bits per heavy atom. The smallest absolute Gasteiger partial charge is 0.384 e. The summed E-state index contributed by atoms with van der Waals surface area (Å²) in [5.41, 5.74) is 0.871. The summed E-state index contributed by atoms with van der Waals surface area (Å²) >= 11 is 0. The van der Waals surface area contributed by atoms with E-state index in [1.165, 1.54) is 14.2 Å². The molecule has 0 atom stereocenters. The van der Waals surface area contributed by atoms with Gasteiger partial charge in [-0.05, 0) is 29.0 Å². The molecule has 0 bridgehead atoms. The van der Waals surface area contributed by atoms with Gasteiger partial charge in [0.15, 0.2) is 0 Å². The zero-order valence-corrected chi connectivity index (χ0v) is 16.3. The number of hydrogen-bond donors (Lipinski definition) is 1. The van der Waals surface area contributed by atoms with E-state index in [2.05, 4.69) is 10.3 Å².